The molecular formula is C15H21FN3O5S+. The normalized spacial score (nSPS) is 16.4. The standard InChI is InChI=1S/C15H20FN3O5S/c1-2-24-15(21)17-14(20)11-18-7-9-19(10-8-18)25(22,23)13-6-4-3-5-12(13)16/h3-6H,2,7-11H2,1H3,(H,17,20,21)/p+1. The van der Waals surface area contributed by atoms with E-state index in [1.807, 2.05) is 0 Å². The highest BCUT2D eigenvalue weighted by atomic mass is 32.2. The Labute approximate surface area is 145 Å². The summed E-state index contributed by atoms with van der Waals surface area (Å²) in [7, 11) is -3.90. The van der Waals surface area contributed by atoms with Crippen LogP contribution in [0.1, 0.15) is 6.92 Å². The van der Waals surface area contributed by atoms with Gasteiger partial charge in [-0.05, 0) is 19.1 Å². The van der Waals surface area contributed by atoms with E-state index in [9.17, 15) is 22.4 Å². The second-order valence-electron chi connectivity index (χ2n) is 5.53. The molecule has 0 aromatic heterocycles. The van der Waals surface area contributed by atoms with E-state index in [4.69, 9.17) is 0 Å². The fraction of sp³-hybridized carbons (Fsp3) is 0.467. The molecule has 0 unspecified atom stereocenters. The molecule has 0 bridgehead atoms. The molecule has 1 heterocycles. The molecule has 10 heteroatoms. The summed E-state index contributed by atoms with van der Waals surface area (Å²) in [4.78, 5) is 23.4. The average Bonchev–Trinajstić information content (AvgIpc) is 2.55. The van der Waals surface area contributed by atoms with Crippen LogP contribution in [0.3, 0.4) is 0 Å². The molecule has 8 nitrogen and oxygen atoms in total. The van der Waals surface area contributed by atoms with Crippen molar-refractivity contribution in [1.29, 1.82) is 0 Å². The maximum absolute atomic E-state index is 13.8. The van der Waals surface area contributed by atoms with Crippen LogP contribution in [0.4, 0.5) is 9.18 Å². The van der Waals surface area contributed by atoms with Gasteiger partial charge in [0.2, 0.25) is 10.0 Å². The second-order valence-corrected chi connectivity index (χ2v) is 7.44. The minimum Gasteiger partial charge on any atom is -0.450 e. The molecule has 1 aliphatic heterocycles. The fourth-order valence-electron chi connectivity index (χ4n) is 2.56. The van der Waals surface area contributed by atoms with E-state index in [0.717, 1.165) is 11.0 Å². The van der Waals surface area contributed by atoms with Crippen LogP contribution in [0, 0.1) is 5.82 Å². The highest BCUT2D eigenvalue weighted by molar-refractivity contribution is 7.89. The molecule has 1 fully saturated rings. The van der Waals surface area contributed by atoms with Gasteiger partial charge in [-0.2, -0.15) is 4.31 Å². The molecule has 0 saturated carbocycles. The summed E-state index contributed by atoms with van der Waals surface area (Å²) in [6.07, 6.45) is -0.798. The largest absolute Gasteiger partial charge is 0.450 e. The van der Waals surface area contributed by atoms with Crippen molar-refractivity contribution in [3.05, 3.63) is 30.1 Å². The van der Waals surface area contributed by atoms with Crippen molar-refractivity contribution in [2.24, 2.45) is 0 Å². The van der Waals surface area contributed by atoms with Crippen LogP contribution in [-0.2, 0) is 19.6 Å². The summed E-state index contributed by atoms with van der Waals surface area (Å²) in [6.45, 7) is 2.92. The lowest BCUT2D eigenvalue weighted by atomic mass is 10.3. The zero-order valence-electron chi connectivity index (χ0n) is 13.8. The van der Waals surface area contributed by atoms with Gasteiger partial charge >= 0.3 is 6.09 Å². The Morgan fingerprint density at radius 1 is 1.28 bits per heavy atom. The second kappa shape index (κ2) is 8.37. The zero-order chi connectivity index (χ0) is 18.4. The number of rotatable bonds is 5. The number of nitrogens with one attached hydrogen (secondary N) is 2. The van der Waals surface area contributed by atoms with Gasteiger partial charge in [0.1, 0.15) is 10.7 Å². The zero-order valence-corrected chi connectivity index (χ0v) is 14.6. The monoisotopic (exact) mass is 374 g/mol. The van der Waals surface area contributed by atoms with Gasteiger partial charge in [-0.15, -0.1) is 0 Å². The van der Waals surface area contributed by atoms with Crippen LogP contribution in [0.2, 0.25) is 0 Å². The smallest absolute Gasteiger partial charge is 0.414 e. The summed E-state index contributed by atoms with van der Waals surface area (Å²) in [6, 6.07) is 5.24. The van der Waals surface area contributed by atoms with E-state index < -0.39 is 27.8 Å². The Hall–Kier alpha value is -2.04. The van der Waals surface area contributed by atoms with Gasteiger partial charge in [-0.1, -0.05) is 12.1 Å². The van der Waals surface area contributed by atoms with Crippen molar-refractivity contribution in [2.75, 3.05) is 39.3 Å². The Morgan fingerprint density at radius 2 is 1.92 bits per heavy atom. The first-order valence-electron chi connectivity index (χ1n) is 7.89. The number of carbonyl (C=O) groups is 2. The van der Waals surface area contributed by atoms with E-state index in [2.05, 4.69) is 10.1 Å². The number of imide groups is 1. The van der Waals surface area contributed by atoms with Crippen LogP contribution >= 0.6 is 0 Å². The van der Waals surface area contributed by atoms with E-state index in [1.54, 1.807) is 6.92 Å². The number of amides is 2. The van der Waals surface area contributed by atoms with Crippen molar-refractivity contribution < 1.29 is 32.0 Å². The lowest BCUT2D eigenvalue weighted by molar-refractivity contribution is -0.895. The molecule has 1 aliphatic rings. The van der Waals surface area contributed by atoms with E-state index in [1.165, 1.54) is 22.5 Å². The SMILES string of the molecule is CCOC(=O)NC(=O)C[NH+]1CCN(S(=O)(=O)c2ccccc2F)CC1. The van der Waals surface area contributed by atoms with E-state index in [0.29, 0.717) is 13.1 Å². The number of carbonyl (C=O) groups excluding carboxylic acids is 2. The molecule has 1 aromatic carbocycles. The molecule has 2 N–H and O–H groups in total. The molecule has 0 atom stereocenters. The van der Waals surface area contributed by atoms with Gasteiger partial charge in [-0.3, -0.25) is 10.1 Å². The van der Waals surface area contributed by atoms with Crippen LogP contribution in [0.5, 0.6) is 0 Å². The van der Waals surface area contributed by atoms with Gasteiger partial charge in [0.05, 0.1) is 32.8 Å². The molecule has 0 aliphatic carbocycles. The topological polar surface area (TPSA) is 97.2 Å². The van der Waals surface area contributed by atoms with Crippen LogP contribution in [0.15, 0.2) is 29.2 Å². The average molecular weight is 374 g/mol. The molecule has 138 valence electrons. The molecule has 2 amide bonds. The quantitative estimate of drug-likeness (QED) is 0.688. The Kier molecular flexibility index (Phi) is 6.45. The van der Waals surface area contributed by atoms with Crippen molar-refractivity contribution in [3.8, 4) is 0 Å². The van der Waals surface area contributed by atoms with Gasteiger partial charge in [-0.25, -0.2) is 17.6 Å². The molecule has 2 rings (SSSR count). The predicted octanol–water partition coefficient (Wildman–Crippen LogP) is -1.01. The van der Waals surface area contributed by atoms with Gasteiger partial charge in [0.25, 0.3) is 5.91 Å². The van der Waals surface area contributed by atoms with Gasteiger partial charge in [0.15, 0.2) is 6.54 Å². The number of piperazine rings is 1. The molecule has 25 heavy (non-hydrogen) atoms. The number of hydrogen-bond acceptors (Lipinski definition) is 5. The third-order valence-corrected chi connectivity index (χ3v) is 5.74. The number of nitrogens with zero attached hydrogens (tertiary/aromatic N) is 1. The Balaban J connectivity index is 1.90. The summed E-state index contributed by atoms with van der Waals surface area (Å²) in [5.74, 6) is -1.27. The minimum absolute atomic E-state index is 0.0341. The first-order valence-corrected chi connectivity index (χ1v) is 9.33. The summed E-state index contributed by atoms with van der Waals surface area (Å²) < 4.78 is 44.6. The fourth-order valence-corrected chi connectivity index (χ4v) is 4.07. The van der Waals surface area contributed by atoms with Crippen molar-refractivity contribution in [2.45, 2.75) is 11.8 Å². The summed E-state index contributed by atoms with van der Waals surface area (Å²) in [5.41, 5.74) is 0. The van der Waals surface area contributed by atoms with Gasteiger partial charge in [0, 0.05) is 0 Å². The third-order valence-electron chi connectivity index (χ3n) is 3.81. The number of halogens is 1. The Bertz CT molecular complexity index is 732. The highest BCUT2D eigenvalue weighted by Gasteiger charge is 2.32. The number of sulfonamides is 1. The molecule has 1 saturated heterocycles. The number of hydrogen-bond donors (Lipinski definition) is 2. The van der Waals surface area contributed by atoms with E-state index in [-0.39, 0.29) is 31.1 Å². The number of alkyl carbamates (subject to hydrolysis) is 1. The molecular weight excluding hydrogens is 353 g/mol. The van der Waals surface area contributed by atoms with Crippen LogP contribution < -0.4 is 10.2 Å². The minimum atomic E-state index is -3.90. The number of quaternary nitrogens is 1. The van der Waals surface area contributed by atoms with Crippen molar-refractivity contribution >= 4 is 22.0 Å². The number of ether oxygens (including phenoxy) is 1. The molecule has 1 aromatic rings. The summed E-state index contributed by atoms with van der Waals surface area (Å²) >= 11 is 0. The molecule has 0 radical (unpaired) electrons. The first-order chi connectivity index (χ1) is 11.8. The van der Waals surface area contributed by atoms with Crippen LogP contribution in [0.25, 0.3) is 0 Å². The van der Waals surface area contributed by atoms with Gasteiger partial charge < -0.3 is 9.64 Å². The summed E-state index contributed by atoms with van der Waals surface area (Å²) in [5, 5.41) is 2.10. The molecule has 0 spiro atoms. The third kappa shape index (κ3) is 4.97. The first kappa shape index (κ1) is 19.3. The lowest BCUT2D eigenvalue weighted by Crippen LogP contribution is -3.15. The Morgan fingerprint density at radius 3 is 2.52 bits per heavy atom. The van der Waals surface area contributed by atoms with E-state index >= 15 is 0 Å². The van der Waals surface area contributed by atoms with Crippen molar-refractivity contribution in [3.63, 3.8) is 0 Å². The highest BCUT2D eigenvalue weighted by Crippen LogP contribution is 2.18. The lowest BCUT2D eigenvalue weighted by Gasteiger charge is -2.31. The predicted molar refractivity (Wildman–Crippen MR) is 85.9 cm³/mol. The van der Waals surface area contributed by atoms with Crippen molar-refractivity contribution in [1.82, 2.24) is 9.62 Å². The van der Waals surface area contributed by atoms with Crippen LogP contribution in [-0.4, -0.2) is 64.1 Å². The maximum Gasteiger partial charge on any atom is 0.414 e. The maximum atomic E-state index is 13.8. The number of benzene rings is 1.